The normalized spacial score (nSPS) is 13.4. The second-order valence-corrected chi connectivity index (χ2v) is 2.10. The largest absolute Gasteiger partial charge is 0.372 e. The highest BCUT2D eigenvalue weighted by molar-refractivity contribution is 4.84. The van der Waals surface area contributed by atoms with Gasteiger partial charge in [0, 0.05) is 13.7 Å². The van der Waals surface area contributed by atoms with Crippen molar-refractivity contribution in [2.75, 3.05) is 13.7 Å². The molecule has 1 heterocycles. The van der Waals surface area contributed by atoms with Crippen LogP contribution in [0.25, 0.3) is 0 Å². The number of nitrogens with zero attached hydrogens (tertiary/aromatic N) is 4. The van der Waals surface area contributed by atoms with Crippen molar-refractivity contribution in [1.82, 2.24) is 20.2 Å². The first-order chi connectivity index (χ1) is 5.27. The maximum Gasteiger partial charge on any atom is 0.204 e. The second-order valence-electron chi connectivity index (χ2n) is 2.10. The van der Waals surface area contributed by atoms with Gasteiger partial charge < -0.3 is 10.5 Å². The van der Waals surface area contributed by atoms with E-state index in [0.717, 1.165) is 0 Å². The predicted octanol–water partition coefficient (Wildman–Crippen LogP) is -1.14. The molecule has 1 atom stereocenters. The molecule has 1 rings (SSSR count). The van der Waals surface area contributed by atoms with Crippen LogP contribution in [0.15, 0.2) is 0 Å². The standard InChI is InChI=1S/C5H11N5O/c1-10-8-5(7-9-10)4(3-6)11-2/h4H,3,6H2,1-2H3. The summed E-state index contributed by atoms with van der Waals surface area (Å²) in [6.45, 7) is 0.363. The average molecular weight is 157 g/mol. The summed E-state index contributed by atoms with van der Waals surface area (Å²) in [5, 5.41) is 11.4. The number of hydrogen-bond acceptors (Lipinski definition) is 5. The molecule has 0 fully saturated rings. The molecule has 0 saturated carbocycles. The van der Waals surface area contributed by atoms with Crippen LogP contribution in [0.5, 0.6) is 0 Å². The zero-order valence-corrected chi connectivity index (χ0v) is 6.56. The minimum atomic E-state index is -0.247. The van der Waals surface area contributed by atoms with Crippen LogP contribution in [0, 0.1) is 0 Å². The van der Waals surface area contributed by atoms with Crippen LogP contribution >= 0.6 is 0 Å². The number of aryl methyl sites for hydroxylation is 1. The summed E-state index contributed by atoms with van der Waals surface area (Å²) in [5.74, 6) is 0.525. The summed E-state index contributed by atoms with van der Waals surface area (Å²) >= 11 is 0. The average Bonchev–Trinajstić information content (AvgIpc) is 2.39. The molecule has 0 aliphatic rings. The van der Waals surface area contributed by atoms with Crippen molar-refractivity contribution in [1.29, 1.82) is 0 Å². The molecule has 0 amide bonds. The summed E-state index contributed by atoms with van der Waals surface area (Å²) in [4.78, 5) is 1.37. The van der Waals surface area contributed by atoms with Crippen molar-refractivity contribution >= 4 is 0 Å². The number of ether oxygens (including phenoxy) is 1. The topological polar surface area (TPSA) is 78.9 Å². The number of aromatic nitrogens is 4. The van der Waals surface area contributed by atoms with Crippen LogP contribution in [0.1, 0.15) is 11.9 Å². The number of rotatable bonds is 3. The van der Waals surface area contributed by atoms with E-state index < -0.39 is 0 Å². The fourth-order valence-corrected chi connectivity index (χ4v) is 0.735. The Labute approximate surface area is 64.3 Å². The Bertz CT molecular complexity index is 218. The number of hydrogen-bond donors (Lipinski definition) is 1. The minimum Gasteiger partial charge on any atom is -0.372 e. The van der Waals surface area contributed by atoms with E-state index in [1.807, 2.05) is 0 Å². The van der Waals surface area contributed by atoms with E-state index in [1.165, 1.54) is 4.80 Å². The van der Waals surface area contributed by atoms with E-state index in [2.05, 4.69) is 15.4 Å². The molecule has 62 valence electrons. The van der Waals surface area contributed by atoms with E-state index in [4.69, 9.17) is 10.5 Å². The lowest BCUT2D eigenvalue weighted by atomic mass is 10.3. The summed E-state index contributed by atoms with van der Waals surface area (Å²) in [6, 6.07) is 0. The Hall–Kier alpha value is -1.01. The van der Waals surface area contributed by atoms with E-state index >= 15 is 0 Å². The van der Waals surface area contributed by atoms with Gasteiger partial charge in [0.1, 0.15) is 6.10 Å². The van der Waals surface area contributed by atoms with E-state index in [9.17, 15) is 0 Å². The van der Waals surface area contributed by atoms with Crippen molar-refractivity contribution in [2.24, 2.45) is 12.8 Å². The van der Waals surface area contributed by atoms with E-state index in [-0.39, 0.29) is 6.10 Å². The maximum absolute atomic E-state index is 5.38. The zero-order valence-electron chi connectivity index (χ0n) is 6.56. The molecule has 11 heavy (non-hydrogen) atoms. The molecule has 2 N–H and O–H groups in total. The molecule has 1 unspecified atom stereocenters. The SMILES string of the molecule is COC(CN)c1nnn(C)n1. The molecule has 6 heteroatoms. The van der Waals surface area contributed by atoms with Gasteiger partial charge >= 0.3 is 0 Å². The van der Waals surface area contributed by atoms with Gasteiger partial charge in [-0.1, -0.05) is 0 Å². The molecule has 0 aliphatic heterocycles. The van der Waals surface area contributed by atoms with Crippen LogP contribution in [0.4, 0.5) is 0 Å². The minimum absolute atomic E-state index is 0.247. The third kappa shape index (κ3) is 1.72. The van der Waals surface area contributed by atoms with Gasteiger partial charge in [0.15, 0.2) is 0 Å². The van der Waals surface area contributed by atoms with Crippen molar-refractivity contribution in [3.63, 3.8) is 0 Å². The first kappa shape index (κ1) is 8.09. The molecule has 6 nitrogen and oxygen atoms in total. The summed E-state index contributed by atoms with van der Waals surface area (Å²) in [7, 11) is 3.26. The van der Waals surface area contributed by atoms with Crippen LogP contribution in [-0.2, 0) is 11.8 Å². The fraction of sp³-hybridized carbons (Fsp3) is 0.800. The van der Waals surface area contributed by atoms with Crippen LogP contribution < -0.4 is 5.73 Å². The Morgan fingerprint density at radius 3 is 2.82 bits per heavy atom. The Kier molecular flexibility index (Phi) is 2.50. The van der Waals surface area contributed by atoms with Gasteiger partial charge in [0.25, 0.3) is 0 Å². The van der Waals surface area contributed by atoms with Crippen LogP contribution in [0.3, 0.4) is 0 Å². The zero-order chi connectivity index (χ0) is 8.27. The molecule has 0 aliphatic carbocycles. The highest BCUT2D eigenvalue weighted by Gasteiger charge is 2.13. The molecule has 0 radical (unpaired) electrons. The second kappa shape index (κ2) is 3.40. The Balaban J connectivity index is 2.73. The van der Waals surface area contributed by atoms with Gasteiger partial charge in [-0.25, -0.2) is 0 Å². The first-order valence-electron chi connectivity index (χ1n) is 3.24. The van der Waals surface area contributed by atoms with Crippen molar-refractivity contribution < 1.29 is 4.74 Å². The van der Waals surface area contributed by atoms with E-state index in [1.54, 1.807) is 14.2 Å². The lowest BCUT2D eigenvalue weighted by Gasteiger charge is -2.05. The van der Waals surface area contributed by atoms with Gasteiger partial charge in [-0.2, -0.15) is 4.80 Å². The third-order valence-electron chi connectivity index (χ3n) is 1.31. The Morgan fingerprint density at radius 1 is 1.73 bits per heavy atom. The van der Waals surface area contributed by atoms with Gasteiger partial charge in [0.2, 0.25) is 5.82 Å². The molecule has 1 aromatic heterocycles. The Morgan fingerprint density at radius 2 is 2.45 bits per heavy atom. The number of tetrazole rings is 1. The van der Waals surface area contributed by atoms with Crippen molar-refractivity contribution in [3.05, 3.63) is 5.82 Å². The lowest BCUT2D eigenvalue weighted by molar-refractivity contribution is 0.103. The van der Waals surface area contributed by atoms with Gasteiger partial charge in [-0.05, 0) is 5.21 Å². The summed E-state index contributed by atoms with van der Waals surface area (Å²) in [6.07, 6.45) is -0.247. The molecule has 0 aromatic carbocycles. The smallest absolute Gasteiger partial charge is 0.204 e. The molecule has 0 spiro atoms. The number of nitrogens with two attached hydrogens (primary N) is 1. The molecule has 1 aromatic rings. The summed E-state index contributed by atoms with van der Waals surface area (Å²) < 4.78 is 5.00. The molecular weight excluding hydrogens is 146 g/mol. The van der Waals surface area contributed by atoms with Crippen molar-refractivity contribution in [2.45, 2.75) is 6.10 Å². The fourth-order valence-electron chi connectivity index (χ4n) is 0.735. The van der Waals surface area contributed by atoms with Gasteiger partial charge in [0.05, 0.1) is 7.05 Å². The van der Waals surface area contributed by atoms with Gasteiger partial charge in [-0.3, -0.25) is 0 Å². The van der Waals surface area contributed by atoms with Crippen molar-refractivity contribution in [3.8, 4) is 0 Å². The highest BCUT2D eigenvalue weighted by Crippen LogP contribution is 2.06. The van der Waals surface area contributed by atoms with Crippen LogP contribution in [-0.4, -0.2) is 33.9 Å². The summed E-state index contributed by atoms with van der Waals surface area (Å²) in [5.41, 5.74) is 5.38. The third-order valence-corrected chi connectivity index (χ3v) is 1.31. The van der Waals surface area contributed by atoms with Crippen LogP contribution in [0.2, 0.25) is 0 Å². The monoisotopic (exact) mass is 157 g/mol. The quantitative estimate of drug-likeness (QED) is 0.599. The molecule has 0 bridgehead atoms. The highest BCUT2D eigenvalue weighted by atomic mass is 16.5. The van der Waals surface area contributed by atoms with E-state index in [0.29, 0.717) is 12.4 Å². The maximum atomic E-state index is 5.38. The number of methoxy groups -OCH3 is 1. The lowest BCUT2D eigenvalue weighted by Crippen LogP contribution is -2.15. The first-order valence-corrected chi connectivity index (χ1v) is 3.24. The van der Waals surface area contributed by atoms with Gasteiger partial charge in [-0.15, -0.1) is 10.2 Å². The molecular formula is C5H11N5O. The predicted molar refractivity (Wildman–Crippen MR) is 37.6 cm³/mol. The molecule has 0 saturated heterocycles.